The topological polar surface area (TPSA) is 55.1 Å². The Kier molecular flexibility index (Phi) is 7.75. The number of carbonyl (C=O) groups is 1. The second kappa shape index (κ2) is 8.31. The Hall–Kier alpha value is -1.01. The van der Waals surface area contributed by atoms with Crippen LogP contribution in [-0.4, -0.2) is 18.5 Å². The molecule has 0 radical (unpaired) electrons. The van der Waals surface area contributed by atoms with Crippen molar-refractivity contribution in [1.82, 2.24) is 5.32 Å². The summed E-state index contributed by atoms with van der Waals surface area (Å²) in [4.78, 5) is 11.5. The molecule has 0 spiro atoms. The number of nitrogens with one attached hydrogen (secondary N) is 1. The molecule has 0 heterocycles. The first-order valence-corrected chi connectivity index (χ1v) is 5.54. The summed E-state index contributed by atoms with van der Waals surface area (Å²) in [6.07, 6.45) is 8.18. The van der Waals surface area contributed by atoms with Crippen LogP contribution in [0.1, 0.15) is 39.5 Å². The van der Waals surface area contributed by atoms with Gasteiger partial charge in [-0.25, -0.2) is 0 Å². The number of rotatable bonds is 7. The van der Waals surface area contributed by atoms with Gasteiger partial charge < -0.3 is 11.1 Å². The van der Waals surface area contributed by atoms with Gasteiger partial charge in [0.05, 0.1) is 0 Å². The van der Waals surface area contributed by atoms with Crippen molar-refractivity contribution in [2.45, 2.75) is 45.6 Å². The van der Waals surface area contributed by atoms with Crippen molar-refractivity contribution in [1.29, 1.82) is 0 Å². The van der Waals surface area contributed by atoms with Crippen molar-refractivity contribution in [2.24, 2.45) is 11.7 Å². The molecule has 0 saturated carbocycles. The van der Waals surface area contributed by atoms with Crippen molar-refractivity contribution < 1.29 is 4.79 Å². The number of hydrogen-bond donors (Lipinski definition) is 2. The van der Waals surface area contributed by atoms with Crippen LogP contribution in [0.15, 0.2) is 0 Å². The van der Waals surface area contributed by atoms with Gasteiger partial charge in [-0.3, -0.25) is 4.79 Å². The first-order chi connectivity index (χ1) is 7.11. The van der Waals surface area contributed by atoms with Crippen molar-refractivity contribution in [3.63, 3.8) is 0 Å². The monoisotopic (exact) mass is 210 g/mol. The highest BCUT2D eigenvalue weighted by Crippen LogP contribution is 2.02. The Morgan fingerprint density at radius 3 is 2.60 bits per heavy atom. The van der Waals surface area contributed by atoms with Crippen molar-refractivity contribution in [3.8, 4) is 12.3 Å². The number of amides is 1. The maximum Gasteiger partial charge on any atom is 0.220 e. The summed E-state index contributed by atoms with van der Waals surface area (Å²) < 4.78 is 0. The third-order valence-electron chi connectivity index (χ3n) is 2.38. The zero-order valence-corrected chi connectivity index (χ0v) is 9.75. The average Bonchev–Trinajstić information content (AvgIpc) is 2.20. The maximum absolute atomic E-state index is 11.5. The lowest BCUT2D eigenvalue weighted by atomic mass is 10.0. The van der Waals surface area contributed by atoms with Gasteiger partial charge in [-0.15, -0.1) is 12.3 Å². The zero-order valence-electron chi connectivity index (χ0n) is 9.75. The van der Waals surface area contributed by atoms with E-state index in [4.69, 9.17) is 12.2 Å². The molecule has 3 N–H and O–H groups in total. The highest BCUT2D eigenvalue weighted by Gasteiger charge is 2.13. The molecule has 0 aliphatic heterocycles. The first-order valence-electron chi connectivity index (χ1n) is 5.54. The average molecular weight is 210 g/mol. The molecule has 0 aliphatic rings. The van der Waals surface area contributed by atoms with E-state index in [1.54, 1.807) is 0 Å². The molecule has 0 rings (SSSR count). The van der Waals surface area contributed by atoms with E-state index in [1.807, 2.05) is 0 Å². The Morgan fingerprint density at radius 2 is 2.13 bits per heavy atom. The minimum Gasteiger partial charge on any atom is -0.352 e. The predicted octanol–water partition coefficient (Wildman–Crippen LogP) is 1.28. The quantitative estimate of drug-likeness (QED) is 0.491. The van der Waals surface area contributed by atoms with E-state index in [0.717, 1.165) is 19.3 Å². The Labute approximate surface area is 92.8 Å². The Balaban J connectivity index is 3.68. The van der Waals surface area contributed by atoms with E-state index in [2.05, 4.69) is 25.1 Å². The highest BCUT2D eigenvalue weighted by molar-refractivity contribution is 5.76. The number of carbonyl (C=O) groups excluding carboxylic acids is 1. The fourth-order valence-corrected chi connectivity index (χ4v) is 1.29. The lowest BCUT2D eigenvalue weighted by Crippen LogP contribution is -2.43. The normalized spacial score (nSPS) is 12.2. The van der Waals surface area contributed by atoms with Crippen molar-refractivity contribution in [3.05, 3.63) is 0 Å². The smallest absolute Gasteiger partial charge is 0.220 e. The second-order valence-corrected chi connectivity index (χ2v) is 4.06. The van der Waals surface area contributed by atoms with Crippen LogP contribution in [0.3, 0.4) is 0 Å². The predicted molar refractivity (Wildman–Crippen MR) is 63.1 cm³/mol. The molecule has 0 bridgehead atoms. The number of nitrogens with two attached hydrogens (primary N) is 1. The SMILES string of the molecule is C#CCCCCC(=O)NC(CN)C(C)C. The number of hydrogen-bond acceptors (Lipinski definition) is 2. The molecule has 3 heteroatoms. The third kappa shape index (κ3) is 6.98. The second-order valence-electron chi connectivity index (χ2n) is 4.06. The van der Waals surface area contributed by atoms with Crippen LogP contribution in [0.5, 0.6) is 0 Å². The summed E-state index contributed by atoms with van der Waals surface area (Å²) in [7, 11) is 0. The number of unbranched alkanes of at least 4 members (excludes halogenated alkanes) is 2. The molecule has 1 unspecified atom stereocenters. The van der Waals surface area contributed by atoms with E-state index < -0.39 is 0 Å². The van der Waals surface area contributed by atoms with Crippen molar-refractivity contribution >= 4 is 5.91 Å². The van der Waals surface area contributed by atoms with Gasteiger partial charge in [-0.05, 0) is 18.8 Å². The molecule has 3 nitrogen and oxygen atoms in total. The van der Waals surface area contributed by atoms with E-state index >= 15 is 0 Å². The van der Waals surface area contributed by atoms with Gasteiger partial charge in [0.25, 0.3) is 0 Å². The van der Waals surface area contributed by atoms with Crippen LogP contribution in [0.25, 0.3) is 0 Å². The molecule has 0 aromatic heterocycles. The van der Waals surface area contributed by atoms with Gasteiger partial charge in [0.1, 0.15) is 0 Å². The van der Waals surface area contributed by atoms with Crippen LogP contribution in [-0.2, 0) is 4.79 Å². The number of terminal acetylenes is 1. The molecule has 15 heavy (non-hydrogen) atoms. The summed E-state index contributed by atoms with van der Waals surface area (Å²) >= 11 is 0. The molecule has 0 saturated heterocycles. The Morgan fingerprint density at radius 1 is 1.47 bits per heavy atom. The van der Waals surface area contributed by atoms with Crippen LogP contribution in [0.4, 0.5) is 0 Å². The van der Waals surface area contributed by atoms with Crippen LogP contribution in [0.2, 0.25) is 0 Å². The highest BCUT2D eigenvalue weighted by atomic mass is 16.1. The summed E-state index contributed by atoms with van der Waals surface area (Å²) in [5.41, 5.74) is 5.56. The summed E-state index contributed by atoms with van der Waals surface area (Å²) in [5.74, 6) is 3.02. The minimum atomic E-state index is 0.0798. The summed E-state index contributed by atoms with van der Waals surface area (Å²) in [5, 5.41) is 2.93. The fraction of sp³-hybridized carbons (Fsp3) is 0.750. The minimum absolute atomic E-state index is 0.0798. The molecular formula is C12H22N2O. The summed E-state index contributed by atoms with van der Waals surface area (Å²) in [6, 6.07) is 0.0881. The molecule has 86 valence electrons. The van der Waals surface area contributed by atoms with Crippen LogP contribution < -0.4 is 11.1 Å². The molecule has 0 aliphatic carbocycles. The van der Waals surface area contributed by atoms with Gasteiger partial charge >= 0.3 is 0 Å². The van der Waals surface area contributed by atoms with Crippen LogP contribution in [0, 0.1) is 18.3 Å². The molecule has 0 fully saturated rings. The van der Waals surface area contributed by atoms with Gasteiger partial charge in [-0.2, -0.15) is 0 Å². The van der Waals surface area contributed by atoms with E-state index in [0.29, 0.717) is 18.9 Å². The molecular weight excluding hydrogens is 188 g/mol. The summed E-state index contributed by atoms with van der Waals surface area (Å²) in [6.45, 7) is 4.60. The van der Waals surface area contributed by atoms with E-state index in [-0.39, 0.29) is 11.9 Å². The molecule has 0 aromatic carbocycles. The first kappa shape index (κ1) is 14.0. The third-order valence-corrected chi connectivity index (χ3v) is 2.38. The lowest BCUT2D eigenvalue weighted by Gasteiger charge is -2.20. The van der Waals surface area contributed by atoms with E-state index in [9.17, 15) is 4.79 Å². The van der Waals surface area contributed by atoms with Gasteiger partial charge in [0.2, 0.25) is 5.91 Å². The largest absolute Gasteiger partial charge is 0.352 e. The maximum atomic E-state index is 11.5. The van der Waals surface area contributed by atoms with Gasteiger partial charge in [0.15, 0.2) is 0 Å². The van der Waals surface area contributed by atoms with Crippen molar-refractivity contribution in [2.75, 3.05) is 6.54 Å². The molecule has 1 atom stereocenters. The van der Waals surface area contributed by atoms with Crippen LogP contribution >= 0.6 is 0 Å². The van der Waals surface area contributed by atoms with Gasteiger partial charge in [0, 0.05) is 25.4 Å². The molecule has 0 aromatic rings. The Bertz CT molecular complexity index is 218. The van der Waals surface area contributed by atoms with Gasteiger partial charge in [-0.1, -0.05) is 13.8 Å². The fourth-order valence-electron chi connectivity index (χ4n) is 1.29. The lowest BCUT2D eigenvalue weighted by molar-refractivity contribution is -0.122. The van der Waals surface area contributed by atoms with E-state index in [1.165, 1.54) is 0 Å². The standard InChI is InChI=1S/C12H22N2O/c1-4-5-6-7-8-12(15)14-11(9-13)10(2)3/h1,10-11H,5-9,13H2,2-3H3,(H,14,15). The molecule has 1 amide bonds. The zero-order chi connectivity index (χ0) is 11.7.